The summed E-state index contributed by atoms with van der Waals surface area (Å²) >= 11 is 0. The summed E-state index contributed by atoms with van der Waals surface area (Å²) in [5.41, 5.74) is 2.86. The van der Waals surface area contributed by atoms with E-state index >= 15 is 0 Å². The Morgan fingerprint density at radius 3 is 2.18 bits per heavy atom. The quantitative estimate of drug-likeness (QED) is 0.842. The summed E-state index contributed by atoms with van der Waals surface area (Å²) in [6.45, 7) is 2.17. The van der Waals surface area contributed by atoms with Crippen molar-refractivity contribution in [3.8, 4) is 0 Å². The predicted octanol–water partition coefficient (Wildman–Crippen LogP) is 3.95. The molecular formula is C20H26N2. The Bertz CT molecular complexity index is 565. The van der Waals surface area contributed by atoms with Gasteiger partial charge in [0.1, 0.15) is 0 Å². The van der Waals surface area contributed by atoms with Crippen molar-refractivity contribution in [1.29, 1.82) is 0 Å². The molecule has 1 heterocycles. The van der Waals surface area contributed by atoms with Crippen LogP contribution >= 0.6 is 0 Å². The number of likely N-dealkylation sites (tertiary alicyclic amines) is 1. The first-order chi connectivity index (χ1) is 10.7. The highest BCUT2D eigenvalue weighted by atomic mass is 15.2. The molecule has 1 aliphatic heterocycles. The van der Waals surface area contributed by atoms with E-state index in [1.54, 1.807) is 0 Å². The lowest BCUT2D eigenvalue weighted by molar-refractivity contribution is 0.0758. The Morgan fingerprint density at radius 2 is 1.55 bits per heavy atom. The third-order valence-electron chi connectivity index (χ3n) is 4.80. The SMILES string of the molecule is CN(C)[C@H]1CC[C@H](c2ccccc2)N(Cc2ccccc2)C1. The summed E-state index contributed by atoms with van der Waals surface area (Å²) in [6.07, 6.45) is 2.51. The highest BCUT2D eigenvalue weighted by Crippen LogP contribution is 2.33. The van der Waals surface area contributed by atoms with Crippen molar-refractivity contribution in [2.24, 2.45) is 0 Å². The van der Waals surface area contributed by atoms with Crippen LogP contribution in [0.4, 0.5) is 0 Å². The standard InChI is InChI=1S/C20H26N2/c1-21(2)19-13-14-20(18-11-7-4-8-12-18)22(16-19)15-17-9-5-3-6-10-17/h3-12,19-20H,13-16H2,1-2H3/t19-,20+/m0/s1. The molecule has 116 valence electrons. The van der Waals surface area contributed by atoms with Gasteiger partial charge in [0.05, 0.1) is 0 Å². The van der Waals surface area contributed by atoms with E-state index in [1.165, 1.54) is 24.0 Å². The van der Waals surface area contributed by atoms with Crippen molar-refractivity contribution >= 4 is 0 Å². The third kappa shape index (κ3) is 3.57. The summed E-state index contributed by atoms with van der Waals surface area (Å²) in [7, 11) is 4.41. The molecule has 3 rings (SSSR count). The highest BCUT2D eigenvalue weighted by Gasteiger charge is 2.30. The first-order valence-corrected chi connectivity index (χ1v) is 8.23. The molecule has 0 aliphatic carbocycles. The Labute approximate surface area is 134 Å². The van der Waals surface area contributed by atoms with Crippen LogP contribution in [0.1, 0.15) is 30.0 Å². The lowest BCUT2D eigenvalue weighted by atomic mass is 9.92. The number of likely N-dealkylation sites (N-methyl/N-ethyl adjacent to an activating group) is 1. The van der Waals surface area contributed by atoms with E-state index in [-0.39, 0.29) is 0 Å². The smallest absolute Gasteiger partial charge is 0.0352 e. The van der Waals surface area contributed by atoms with Gasteiger partial charge in [0.25, 0.3) is 0 Å². The molecule has 0 amide bonds. The Hall–Kier alpha value is -1.64. The molecule has 1 fully saturated rings. The van der Waals surface area contributed by atoms with Crippen LogP contribution in [-0.2, 0) is 6.54 Å². The molecule has 0 spiro atoms. The highest BCUT2D eigenvalue weighted by molar-refractivity contribution is 5.21. The zero-order valence-corrected chi connectivity index (χ0v) is 13.7. The fraction of sp³-hybridized carbons (Fsp3) is 0.400. The van der Waals surface area contributed by atoms with Gasteiger partial charge in [-0.05, 0) is 38.1 Å². The summed E-state index contributed by atoms with van der Waals surface area (Å²) < 4.78 is 0. The monoisotopic (exact) mass is 294 g/mol. The van der Waals surface area contributed by atoms with E-state index in [9.17, 15) is 0 Å². The maximum absolute atomic E-state index is 2.65. The molecule has 0 radical (unpaired) electrons. The van der Waals surface area contributed by atoms with Gasteiger partial charge < -0.3 is 4.90 Å². The van der Waals surface area contributed by atoms with E-state index in [0.29, 0.717) is 12.1 Å². The number of piperidine rings is 1. The van der Waals surface area contributed by atoms with Gasteiger partial charge in [-0.15, -0.1) is 0 Å². The van der Waals surface area contributed by atoms with Crippen molar-refractivity contribution in [3.63, 3.8) is 0 Å². The number of benzene rings is 2. The number of hydrogen-bond acceptors (Lipinski definition) is 2. The molecule has 0 unspecified atom stereocenters. The number of nitrogens with zero attached hydrogens (tertiary/aromatic N) is 2. The van der Waals surface area contributed by atoms with Crippen LogP contribution in [0.15, 0.2) is 60.7 Å². The summed E-state index contributed by atoms with van der Waals surface area (Å²) in [5, 5.41) is 0. The molecule has 2 atom stereocenters. The van der Waals surface area contributed by atoms with Gasteiger partial charge in [-0.25, -0.2) is 0 Å². The topological polar surface area (TPSA) is 6.48 Å². The van der Waals surface area contributed by atoms with Crippen molar-refractivity contribution in [2.75, 3.05) is 20.6 Å². The normalized spacial score (nSPS) is 22.9. The maximum Gasteiger partial charge on any atom is 0.0352 e. The van der Waals surface area contributed by atoms with Gasteiger partial charge >= 0.3 is 0 Å². The van der Waals surface area contributed by atoms with Gasteiger partial charge in [0, 0.05) is 25.2 Å². The largest absolute Gasteiger partial charge is 0.305 e. The molecular weight excluding hydrogens is 268 g/mol. The van der Waals surface area contributed by atoms with Crippen LogP contribution in [0.3, 0.4) is 0 Å². The van der Waals surface area contributed by atoms with E-state index in [2.05, 4.69) is 84.6 Å². The van der Waals surface area contributed by atoms with E-state index in [0.717, 1.165) is 13.1 Å². The van der Waals surface area contributed by atoms with Crippen LogP contribution in [0.2, 0.25) is 0 Å². The molecule has 0 saturated carbocycles. The van der Waals surface area contributed by atoms with Crippen molar-refractivity contribution in [1.82, 2.24) is 9.80 Å². The molecule has 0 N–H and O–H groups in total. The number of rotatable bonds is 4. The van der Waals surface area contributed by atoms with Gasteiger partial charge in [0.2, 0.25) is 0 Å². The van der Waals surface area contributed by atoms with Crippen LogP contribution in [0.25, 0.3) is 0 Å². The average molecular weight is 294 g/mol. The minimum atomic E-state index is 0.539. The second-order valence-corrected chi connectivity index (χ2v) is 6.54. The molecule has 1 saturated heterocycles. The van der Waals surface area contributed by atoms with Gasteiger partial charge in [-0.2, -0.15) is 0 Å². The Morgan fingerprint density at radius 1 is 0.909 bits per heavy atom. The van der Waals surface area contributed by atoms with Gasteiger partial charge in [0.15, 0.2) is 0 Å². The van der Waals surface area contributed by atoms with Crippen LogP contribution < -0.4 is 0 Å². The zero-order valence-electron chi connectivity index (χ0n) is 13.7. The molecule has 2 nitrogen and oxygen atoms in total. The van der Waals surface area contributed by atoms with E-state index < -0.39 is 0 Å². The Balaban J connectivity index is 1.81. The molecule has 0 bridgehead atoms. The lowest BCUT2D eigenvalue weighted by Crippen LogP contribution is -2.46. The van der Waals surface area contributed by atoms with Crippen molar-refractivity contribution in [2.45, 2.75) is 31.5 Å². The summed E-state index contributed by atoms with van der Waals surface area (Å²) in [6, 6.07) is 23.0. The minimum Gasteiger partial charge on any atom is -0.305 e. The third-order valence-corrected chi connectivity index (χ3v) is 4.80. The lowest BCUT2D eigenvalue weighted by Gasteiger charge is -2.42. The van der Waals surface area contributed by atoms with E-state index in [1.807, 2.05) is 0 Å². The number of hydrogen-bond donors (Lipinski definition) is 0. The summed E-state index contributed by atoms with van der Waals surface area (Å²) in [5.74, 6) is 0. The fourth-order valence-corrected chi connectivity index (χ4v) is 3.49. The van der Waals surface area contributed by atoms with Crippen LogP contribution in [0.5, 0.6) is 0 Å². The molecule has 1 aliphatic rings. The van der Waals surface area contributed by atoms with Crippen LogP contribution in [-0.4, -0.2) is 36.5 Å². The van der Waals surface area contributed by atoms with E-state index in [4.69, 9.17) is 0 Å². The maximum atomic E-state index is 2.65. The minimum absolute atomic E-state index is 0.539. The summed E-state index contributed by atoms with van der Waals surface area (Å²) in [4.78, 5) is 5.03. The second kappa shape index (κ2) is 7.08. The van der Waals surface area contributed by atoms with Crippen LogP contribution in [0, 0.1) is 0 Å². The molecule has 2 aromatic carbocycles. The van der Waals surface area contributed by atoms with Gasteiger partial charge in [-0.1, -0.05) is 60.7 Å². The average Bonchev–Trinajstić information content (AvgIpc) is 2.56. The molecule has 2 aromatic rings. The molecule has 0 aromatic heterocycles. The first kappa shape index (κ1) is 15.3. The molecule has 2 heteroatoms. The van der Waals surface area contributed by atoms with Gasteiger partial charge in [-0.3, -0.25) is 4.90 Å². The fourth-order valence-electron chi connectivity index (χ4n) is 3.49. The molecule has 22 heavy (non-hydrogen) atoms. The van der Waals surface area contributed by atoms with Crippen molar-refractivity contribution in [3.05, 3.63) is 71.8 Å². The predicted molar refractivity (Wildman–Crippen MR) is 92.7 cm³/mol. The second-order valence-electron chi connectivity index (χ2n) is 6.54. The van der Waals surface area contributed by atoms with Crippen molar-refractivity contribution < 1.29 is 0 Å². The first-order valence-electron chi connectivity index (χ1n) is 8.23. The Kier molecular flexibility index (Phi) is 4.91. The zero-order chi connectivity index (χ0) is 15.4.